The molecule has 88 valence electrons. The smallest absolute Gasteiger partial charge is 0.335 e. The lowest BCUT2D eigenvalue weighted by Gasteiger charge is -2.28. The van der Waals surface area contributed by atoms with Gasteiger partial charge in [0, 0.05) is 0 Å². The molecule has 0 saturated carbocycles. The Hall–Kier alpha value is -0.830. The van der Waals surface area contributed by atoms with E-state index < -0.39 is 11.6 Å². The molecule has 3 nitrogen and oxygen atoms in total. The van der Waals surface area contributed by atoms with Gasteiger partial charge in [0.1, 0.15) is 0 Å². The minimum atomic E-state index is -0.983. The van der Waals surface area contributed by atoms with E-state index in [2.05, 4.69) is 0 Å². The normalized spacial score (nSPS) is 12.2. The fourth-order valence-corrected chi connectivity index (χ4v) is 1.66. The Morgan fingerprint density at radius 1 is 1.33 bits per heavy atom. The molecule has 0 aliphatic heterocycles. The lowest BCUT2D eigenvalue weighted by Crippen LogP contribution is -2.41. The van der Waals surface area contributed by atoms with Crippen LogP contribution in [0.4, 0.5) is 0 Å². The van der Waals surface area contributed by atoms with E-state index in [4.69, 9.17) is 4.74 Å². The number of rotatable bonds is 8. The first-order valence-electron chi connectivity index (χ1n) is 5.61. The molecule has 0 bridgehead atoms. The Morgan fingerprint density at radius 3 is 2.20 bits per heavy atom. The number of carbonyl (C=O) groups is 1. The molecule has 15 heavy (non-hydrogen) atoms. The molecule has 0 aliphatic carbocycles. The van der Waals surface area contributed by atoms with Gasteiger partial charge in [0.25, 0.3) is 0 Å². The van der Waals surface area contributed by atoms with Crippen molar-refractivity contribution in [2.24, 2.45) is 0 Å². The summed E-state index contributed by atoms with van der Waals surface area (Å²) in [4.78, 5) is 11.2. The number of ether oxygens (including phenoxy) is 1. The maximum Gasteiger partial charge on any atom is 0.335 e. The molecule has 0 aromatic rings. The Balaban J connectivity index is 4.53. The lowest BCUT2D eigenvalue weighted by molar-refractivity contribution is -0.166. The predicted molar refractivity (Wildman–Crippen MR) is 60.9 cm³/mol. The average Bonchev–Trinajstić information content (AvgIpc) is 2.18. The molecule has 0 spiro atoms. The molecule has 3 heteroatoms. The van der Waals surface area contributed by atoms with Crippen LogP contribution < -0.4 is 0 Å². The molecule has 0 fully saturated rings. The number of hydrogen-bond acceptors (Lipinski definition) is 2. The highest BCUT2D eigenvalue weighted by Crippen LogP contribution is 2.24. The fourth-order valence-electron chi connectivity index (χ4n) is 1.66. The molecule has 0 amide bonds. The van der Waals surface area contributed by atoms with Crippen LogP contribution in [-0.2, 0) is 9.53 Å². The zero-order valence-corrected chi connectivity index (χ0v) is 9.95. The highest BCUT2D eigenvalue weighted by Gasteiger charge is 2.37. The Labute approximate surface area is 92.1 Å². The molecule has 0 atom stereocenters. The Bertz CT molecular complexity index is 203. The van der Waals surface area contributed by atoms with Crippen LogP contribution in [0.1, 0.15) is 46.5 Å². The molecule has 0 saturated heterocycles. The van der Waals surface area contributed by atoms with E-state index in [0.717, 1.165) is 12.8 Å². The molecule has 0 heterocycles. The topological polar surface area (TPSA) is 46.5 Å². The number of hydrogen-bond donors (Lipinski definition) is 1. The van der Waals surface area contributed by atoms with Crippen LogP contribution >= 0.6 is 0 Å². The second-order valence-corrected chi connectivity index (χ2v) is 3.68. The van der Waals surface area contributed by atoms with Crippen molar-refractivity contribution in [2.75, 3.05) is 6.61 Å². The summed E-state index contributed by atoms with van der Waals surface area (Å²) < 4.78 is 5.53. The highest BCUT2D eigenvalue weighted by atomic mass is 16.5. The van der Waals surface area contributed by atoms with E-state index in [1.807, 2.05) is 32.9 Å². The molecular weight excluding hydrogens is 192 g/mol. The van der Waals surface area contributed by atoms with Gasteiger partial charge in [-0.05, 0) is 19.8 Å². The van der Waals surface area contributed by atoms with Crippen molar-refractivity contribution in [3.05, 3.63) is 12.2 Å². The maximum absolute atomic E-state index is 11.2. The van der Waals surface area contributed by atoms with Crippen LogP contribution in [-0.4, -0.2) is 23.3 Å². The number of carboxylic acid groups (broad SMARTS) is 1. The van der Waals surface area contributed by atoms with E-state index in [-0.39, 0.29) is 0 Å². The molecular formula is C12H22O3. The van der Waals surface area contributed by atoms with Crippen molar-refractivity contribution < 1.29 is 14.6 Å². The van der Waals surface area contributed by atoms with Gasteiger partial charge in [0.15, 0.2) is 5.60 Å². The second kappa shape index (κ2) is 7.46. The molecule has 0 aromatic heterocycles. The van der Waals surface area contributed by atoms with E-state index in [9.17, 15) is 9.90 Å². The van der Waals surface area contributed by atoms with Gasteiger partial charge in [-0.3, -0.25) is 0 Å². The average molecular weight is 214 g/mol. The largest absolute Gasteiger partial charge is 0.479 e. The summed E-state index contributed by atoms with van der Waals surface area (Å²) in [5.41, 5.74) is -0.983. The second-order valence-electron chi connectivity index (χ2n) is 3.68. The third kappa shape index (κ3) is 4.47. The summed E-state index contributed by atoms with van der Waals surface area (Å²) in [6.07, 6.45) is 6.50. The minimum Gasteiger partial charge on any atom is -0.479 e. The highest BCUT2D eigenvalue weighted by molar-refractivity contribution is 5.77. The van der Waals surface area contributed by atoms with Crippen molar-refractivity contribution in [2.45, 2.75) is 52.1 Å². The van der Waals surface area contributed by atoms with Crippen molar-refractivity contribution in [1.82, 2.24) is 0 Å². The van der Waals surface area contributed by atoms with Crippen molar-refractivity contribution in [3.8, 4) is 0 Å². The van der Waals surface area contributed by atoms with Gasteiger partial charge >= 0.3 is 5.97 Å². The molecule has 0 radical (unpaired) electrons. The summed E-state index contributed by atoms with van der Waals surface area (Å²) in [7, 11) is 0. The first-order chi connectivity index (χ1) is 7.13. The zero-order valence-electron chi connectivity index (χ0n) is 9.95. The van der Waals surface area contributed by atoms with E-state index >= 15 is 0 Å². The number of aliphatic carboxylic acids is 1. The molecule has 0 aromatic carbocycles. The first kappa shape index (κ1) is 14.2. The SMILES string of the molecule is CC=CCOC(CCC)(CCC)C(=O)O. The van der Waals surface area contributed by atoms with Gasteiger partial charge in [-0.15, -0.1) is 0 Å². The van der Waals surface area contributed by atoms with Crippen LogP contribution in [0.2, 0.25) is 0 Å². The molecule has 0 unspecified atom stereocenters. The van der Waals surface area contributed by atoms with Gasteiger partial charge < -0.3 is 9.84 Å². The summed E-state index contributed by atoms with van der Waals surface area (Å²) >= 11 is 0. The predicted octanol–water partition coefficient (Wildman–Crippen LogP) is 3.00. The van der Waals surface area contributed by atoms with Crippen molar-refractivity contribution in [1.29, 1.82) is 0 Å². The molecule has 1 N–H and O–H groups in total. The van der Waals surface area contributed by atoms with Crippen LogP contribution in [0.5, 0.6) is 0 Å². The van der Waals surface area contributed by atoms with Gasteiger partial charge in [-0.25, -0.2) is 4.79 Å². The maximum atomic E-state index is 11.2. The molecule has 0 aliphatic rings. The summed E-state index contributed by atoms with van der Waals surface area (Å²) in [5.74, 6) is -0.837. The standard InChI is InChI=1S/C12H22O3/c1-4-7-10-15-12(8-5-2,9-6-3)11(13)14/h4,7H,5-6,8-10H2,1-3H3,(H,13,14). The third-order valence-electron chi connectivity index (χ3n) is 2.39. The van der Waals surface area contributed by atoms with Crippen LogP contribution in [0.15, 0.2) is 12.2 Å². The van der Waals surface area contributed by atoms with Gasteiger partial charge in [-0.2, -0.15) is 0 Å². The van der Waals surface area contributed by atoms with Gasteiger partial charge in [0.2, 0.25) is 0 Å². The summed E-state index contributed by atoms with van der Waals surface area (Å²) in [6.45, 7) is 6.23. The minimum absolute atomic E-state index is 0.378. The lowest BCUT2D eigenvalue weighted by atomic mass is 9.92. The monoisotopic (exact) mass is 214 g/mol. The van der Waals surface area contributed by atoms with Crippen molar-refractivity contribution >= 4 is 5.97 Å². The first-order valence-corrected chi connectivity index (χ1v) is 5.61. The fraction of sp³-hybridized carbons (Fsp3) is 0.750. The summed E-state index contributed by atoms with van der Waals surface area (Å²) in [6, 6.07) is 0. The van der Waals surface area contributed by atoms with E-state index in [1.54, 1.807) is 0 Å². The third-order valence-corrected chi connectivity index (χ3v) is 2.39. The Kier molecular flexibility index (Phi) is 7.05. The van der Waals surface area contributed by atoms with Crippen LogP contribution in [0.25, 0.3) is 0 Å². The van der Waals surface area contributed by atoms with Gasteiger partial charge in [0.05, 0.1) is 6.61 Å². The quantitative estimate of drug-likeness (QED) is 0.632. The van der Waals surface area contributed by atoms with Crippen LogP contribution in [0.3, 0.4) is 0 Å². The van der Waals surface area contributed by atoms with E-state index in [0.29, 0.717) is 19.4 Å². The van der Waals surface area contributed by atoms with Crippen LogP contribution in [0, 0.1) is 0 Å². The number of carboxylic acids is 1. The summed E-state index contributed by atoms with van der Waals surface area (Å²) in [5, 5.41) is 9.24. The van der Waals surface area contributed by atoms with Gasteiger partial charge in [-0.1, -0.05) is 38.8 Å². The van der Waals surface area contributed by atoms with Crippen molar-refractivity contribution in [3.63, 3.8) is 0 Å². The Morgan fingerprint density at radius 2 is 1.87 bits per heavy atom. The van der Waals surface area contributed by atoms with E-state index in [1.165, 1.54) is 0 Å². The molecule has 0 rings (SSSR count). The zero-order chi connectivity index (χ0) is 11.7. The number of allylic oxidation sites excluding steroid dienone is 1.